The van der Waals surface area contributed by atoms with E-state index in [-0.39, 0.29) is 24.2 Å². The van der Waals surface area contributed by atoms with Crippen molar-refractivity contribution in [2.24, 2.45) is 4.99 Å². The number of carbonyl (C=O) groups is 2. The lowest BCUT2D eigenvalue weighted by Gasteiger charge is -2.12. The van der Waals surface area contributed by atoms with Crippen LogP contribution >= 0.6 is 0 Å². The molecule has 1 heterocycles. The minimum absolute atomic E-state index is 0.195. The summed E-state index contributed by atoms with van der Waals surface area (Å²) in [6, 6.07) is 17.6. The molecule has 0 saturated heterocycles. The lowest BCUT2D eigenvalue weighted by Crippen LogP contribution is -2.36. The van der Waals surface area contributed by atoms with Gasteiger partial charge in [0, 0.05) is 30.1 Å². The van der Waals surface area contributed by atoms with Gasteiger partial charge in [0.05, 0.1) is 12.2 Å². The summed E-state index contributed by atoms with van der Waals surface area (Å²) in [5, 5.41) is 8.34. The maximum atomic E-state index is 13.2. The minimum Gasteiger partial charge on any atom is -0.326 e. The second kappa shape index (κ2) is 9.92. The molecule has 0 saturated carbocycles. The van der Waals surface area contributed by atoms with Crippen LogP contribution in [0.2, 0.25) is 0 Å². The topological polar surface area (TPSA) is 95.5 Å². The van der Waals surface area contributed by atoms with Crippen molar-refractivity contribution in [1.29, 1.82) is 0 Å². The number of benzene rings is 2. The fourth-order valence-electron chi connectivity index (χ4n) is 2.52. The highest BCUT2D eigenvalue weighted by molar-refractivity contribution is 6.10. The number of carbonyl (C=O) groups excluding carboxylic acids is 2. The first kappa shape index (κ1) is 20.7. The Balaban J connectivity index is 1.75. The van der Waals surface area contributed by atoms with Gasteiger partial charge in [-0.15, -0.1) is 0 Å². The van der Waals surface area contributed by atoms with Gasteiger partial charge in [-0.1, -0.05) is 6.07 Å². The monoisotopic (exact) mass is 405 g/mol. The van der Waals surface area contributed by atoms with Crippen molar-refractivity contribution in [3.63, 3.8) is 0 Å². The van der Waals surface area contributed by atoms with Crippen LogP contribution in [0.15, 0.2) is 77.9 Å². The first-order chi connectivity index (χ1) is 14.5. The Bertz CT molecular complexity index is 1040. The summed E-state index contributed by atoms with van der Waals surface area (Å²) >= 11 is 0. The number of rotatable bonds is 5. The minimum atomic E-state index is -0.390. The first-order valence-electron chi connectivity index (χ1n) is 9.15. The molecule has 0 aliphatic carbocycles. The Morgan fingerprint density at radius 2 is 1.60 bits per heavy atom. The van der Waals surface area contributed by atoms with Crippen molar-refractivity contribution < 1.29 is 14.0 Å². The van der Waals surface area contributed by atoms with Gasteiger partial charge in [0.25, 0.3) is 5.91 Å². The molecule has 0 bridgehead atoms. The quantitative estimate of drug-likeness (QED) is 0.447. The number of nitrogens with zero attached hydrogens (tertiary/aromatic N) is 2. The zero-order valence-corrected chi connectivity index (χ0v) is 16.2. The van der Waals surface area contributed by atoms with E-state index in [9.17, 15) is 14.0 Å². The van der Waals surface area contributed by atoms with Crippen LogP contribution in [0.25, 0.3) is 0 Å². The molecule has 3 N–H and O–H groups in total. The summed E-state index contributed by atoms with van der Waals surface area (Å²) < 4.78 is 13.2. The van der Waals surface area contributed by atoms with Crippen LogP contribution in [0.4, 0.5) is 15.8 Å². The van der Waals surface area contributed by atoms with Crippen LogP contribution in [-0.2, 0) is 11.3 Å². The maximum absolute atomic E-state index is 13.2. The van der Waals surface area contributed by atoms with Crippen molar-refractivity contribution in [3.05, 3.63) is 90.0 Å². The van der Waals surface area contributed by atoms with Crippen LogP contribution in [0.1, 0.15) is 23.0 Å². The molecule has 1 aromatic heterocycles. The van der Waals surface area contributed by atoms with E-state index in [0.717, 1.165) is 5.69 Å². The molecule has 0 aliphatic heterocycles. The number of halogens is 1. The van der Waals surface area contributed by atoms with E-state index < -0.39 is 5.91 Å². The molecule has 3 aromatic rings. The zero-order valence-electron chi connectivity index (χ0n) is 16.2. The summed E-state index contributed by atoms with van der Waals surface area (Å²) in [4.78, 5) is 32.4. The molecule has 3 rings (SSSR count). The lowest BCUT2D eigenvalue weighted by atomic mass is 10.2. The first-order valence-corrected chi connectivity index (χ1v) is 9.15. The number of guanidine groups is 1. The third-order valence-corrected chi connectivity index (χ3v) is 3.93. The molecule has 2 amide bonds. The number of aliphatic imine (C=N–C) groups is 1. The van der Waals surface area contributed by atoms with Crippen molar-refractivity contribution in [1.82, 2.24) is 10.3 Å². The standard InChI is InChI=1S/C22H20FN5O2/c1-15(29)26-18-9-5-16(6-10-18)21(30)28-22(25-14-20-4-2-3-13-24-20)27-19-11-7-17(23)8-12-19/h2-13H,14H2,1H3,(H,26,29)(H2,25,27,28,30). The maximum Gasteiger partial charge on any atom is 0.257 e. The predicted octanol–water partition coefficient (Wildman–Crippen LogP) is 3.58. The largest absolute Gasteiger partial charge is 0.326 e. The second-order valence-corrected chi connectivity index (χ2v) is 6.33. The Hall–Kier alpha value is -4.07. The average molecular weight is 405 g/mol. The van der Waals surface area contributed by atoms with Gasteiger partial charge in [-0.2, -0.15) is 0 Å². The smallest absolute Gasteiger partial charge is 0.257 e. The molecule has 0 unspecified atom stereocenters. The summed E-state index contributed by atoms with van der Waals surface area (Å²) in [6.07, 6.45) is 1.66. The summed E-state index contributed by atoms with van der Waals surface area (Å²) in [5.74, 6) is -0.752. The fourth-order valence-corrected chi connectivity index (χ4v) is 2.52. The normalized spacial score (nSPS) is 10.9. The van der Waals surface area contributed by atoms with Gasteiger partial charge >= 0.3 is 0 Å². The summed E-state index contributed by atoms with van der Waals surface area (Å²) in [5.41, 5.74) is 2.27. The molecule has 0 aliphatic rings. The Labute approximate surface area is 173 Å². The van der Waals surface area contributed by atoms with Crippen LogP contribution in [0.5, 0.6) is 0 Å². The van der Waals surface area contributed by atoms with Crippen LogP contribution in [0, 0.1) is 5.82 Å². The van der Waals surface area contributed by atoms with E-state index in [1.165, 1.54) is 19.1 Å². The van der Waals surface area contributed by atoms with E-state index >= 15 is 0 Å². The van der Waals surface area contributed by atoms with Gasteiger partial charge in [0.2, 0.25) is 11.9 Å². The van der Waals surface area contributed by atoms with Crippen LogP contribution < -0.4 is 16.0 Å². The third-order valence-electron chi connectivity index (χ3n) is 3.93. The lowest BCUT2D eigenvalue weighted by molar-refractivity contribution is -0.114. The van der Waals surface area contributed by atoms with Gasteiger partial charge in [0.15, 0.2) is 0 Å². The Morgan fingerprint density at radius 3 is 2.23 bits per heavy atom. The molecule has 2 aromatic carbocycles. The SMILES string of the molecule is CC(=O)Nc1ccc(C(=O)NC(=NCc2ccccn2)Nc2ccc(F)cc2)cc1. The van der Waals surface area contributed by atoms with E-state index in [1.54, 1.807) is 48.7 Å². The summed E-state index contributed by atoms with van der Waals surface area (Å²) in [7, 11) is 0. The molecule has 0 spiro atoms. The van der Waals surface area contributed by atoms with Crippen molar-refractivity contribution in [3.8, 4) is 0 Å². The van der Waals surface area contributed by atoms with E-state index in [2.05, 4.69) is 25.9 Å². The van der Waals surface area contributed by atoms with E-state index in [4.69, 9.17) is 0 Å². The molecule has 7 nitrogen and oxygen atoms in total. The number of hydrogen-bond donors (Lipinski definition) is 3. The molecular weight excluding hydrogens is 385 g/mol. The van der Waals surface area contributed by atoms with Crippen molar-refractivity contribution in [2.75, 3.05) is 10.6 Å². The number of amides is 2. The van der Waals surface area contributed by atoms with E-state index in [0.29, 0.717) is 16.9 Å². The highest BCUT2D eigenvalue weighted by atomic mass is 19.1. The number of nitrogens with one attached hydrogen (secondary N) is 3. The predicted molar refractivity (Wildman–Crippen MR) is 114 cm³/mol. The Morgan fingerprint density at radius 1 is 0.933 bits per heavy atom. The number of pyridine rings is 1. The molecule has 8 heteroatoms. The van der Waals surface area contributed by atoms with Gasteiger partial charge in [0.1, 0.15) is 5.82 Å². The fraction of sp³-hybridized carbons (Fsp3) is 0.0909. The second-order valence-electron chi connectivity index (χ2n) is 6.33. The van der Waals surface area contributed by atoms with Gasteiger partial charge in [-0.05, 0) is 60.7 Å². The summed E-state index contributed by atoms with van der Waals surface area (Å²) in [6.45, 7) is 1.65. The van der Waals surface area contributed by atoms with Crippen LogP contribution in [0.3, 0.4) is 0 Å². The van der Waals surface area contributed by atoms with E-state index in [1.807, 2.05) is 12.1 Å². The Kier molecular flexibility index (Phi) is 6.83. The molecule has 0 atom stereocenters. The van der Waals surface area contributed by atoms with Crippen molar-refractivity contribution in [2.45, 2.75) is 13.5 Å². The molecule has 0 fully saturated rings. The number of anilines is 2. The van der Waals surface area contributed by atoms with Gasteiger partial charge in [-0.3, -0.25) is 19.9 Å². The molecule has 152 valence electrons. The highest BCUT2D eigenvalue weighted by Gasteiger charge is 2.10. The zero-order chi connectivity index (χ0) is 21.3. The van der Waals surface area contributed by atoms with Gasteiger partial charge < -0.3 is 10.6 Å². The number of aromatic nitrogens is 1. The van der Waals surface area contributed by atoms with Gasteiger partial charge in [-0.25, -0.2) is 9.38 Å². The highest BCUT2D eigenvalue weighted by Crippen LogP contribution is 2.11. The third kappa shape index (κ3) is 6.23. The number of hydrogen-bond acceptors (Lipinski definition) is 4. The average Bonchev–Trinajstić information content (AvgIpc) is 2.74. The van der Waals surface area contributed by atoms with Crippen LogP contribution in [-0.4, -0.2) is 22.8 Å². The molecule has 0 radical (unpaired) electrons. The molecular formula is C22H20FN5O2. The van der Waals surface area contributed by atoms with Crippen molar-refractivity contribution >= 4 is 29.1 Å². The molecule has 30 heavy (non-hydrogen) atoms.